The Labute approximate surface area is 119 Å². The number of rotatable bonds is 3. The van der Waals surface area contributed by atoms with Gasteiger partial charge in [-0.1, -0.05) is 19.1 Å². The number of hydrogen-bond acceptors (Lipinski definition) is 4. The lowest BCUT2D eigenvalue weighted by Gasteiger charge is -2.05. The zero-order chi connectivity index (χ0) is 14.8. The first-order valence-corrected chi connectivity index (χ1v) is 6.55. The van der Waals surface area contributed by atoms with Gasteiger partial charge in [0.1, 0.15) is 11.4 Å². The minimum Gasteiger partial charge on any atom is -0.451 e. The maximum atomic E-state index is 12.2. The zero-order valence-electron chi connectivity index (χ0n) is 11.3. The molecule has 106 valence electrons. The maximum Gasteiger partial charge on any atom is 0.292 e. The van der Waals surface area contributed by atoms with Crippen molar-refractivity contribution < 1.29 is 9.21 Å². The second kappa shape index (κ2) is 5.24. The lowest BCUT2D eigenvalue weighted by atomic mass is 10.2. The Morgan fingerprint density at radius 3 is 3.00 bits per heavy atom. The van der Waals surface area contributed by atoms with Crippen molar-refractivity contribution in [3.63, 3.8) is 0 Å². The number of nitrogens with zero attached hydrogens (tertiary/aromatic N) is 1. The van der Waals surface area contributed by atoms with Crippen molar-refractivity contribution in [2.45, 2.75) is 13.3 Å². The van der Waals surface area contributed by atoms with Crippen LogP contribution in [-0.4, -0.2) is 16.1 Å². The molecule has 0 fully saturated rings. The highest BCUT2D eigenvalue weighted by atomic mass is 16.3. The number of para-hydroxylation sites is 1. The molecule has 6 heteroatoms. The molecule has 1 amide bonds. The minimum absolute atomic E-state index is 0.0321. The Morgan fingerprint density at radius 1 is 1.38 bits per heavy atom. The van der Waals surface area contributed by atoms with Crippen LogP contribution in [0.25, 0.3) is 11.0 Å². The summed E-state index contributed by atoms with van der Waals surface area (Å²) < 4.78 is 5.48. The molecule has 2 aromatic heterocycles. The van der Waals surface area contributed by atoms with Crippen LogP contribution in [0.2, 0.25) is 0 Å². The fraction of sp³-hybridized carbons (Fsp3) is 0.133. The Morgan fingerprint density at radius 2 is 2.19 bits per heavy atom. The van der Waals surface area contributed by atoms with Crippen LogP contribution in [0.15, 0.2) is 45.7 Å². The van der Waals surface area contributed by atoms with Crippen LogP contribution in [0, 0.1) is 0 Å². The Balaban J connectivity index is 1.97. The summed E-state index contributed by atoms with van der Waals surface area (Å²) in [6.07, 6.45) is 2.37. The molecule has 21 heavy (non-hydrogen) atoms. The first kappa shape index (κ1) is 13.1. The molecule has 2 heterocycles. The highest BCUT2D eigenvalue weighted by molar-refractivity contribution is 6.02. The summed E-state index contributed by atoms with van der Waals surface area (Å²) in [5.74, 6) is -0.00883. The van der Waals surface area contributed by atoms with Crippen LogP contribution >= 0.6 is 0 Å². The summed E-state index contributed by atoms with van der Waals surface area (Å²) in [5, 5.41) is 9.69. The highest BCUT2D eigenvalue weighted by Gasteiger charge is 2.14. The number of amides is 1. The van der Waals surface area contributed by atoms with Crippen LogP contribution in [0.5, 0.6) is 0 Å². The van der Waals surface area contributed by atoms with Crippen molar-refractivity contribution in [3.8, 4) is 0 Å². The van der Waals surface area contributed by atoms with E-state index >= 15 is 0 Å². The Bertz CT molecular complexity index is 864. The van der Waals surface area contributed by atoms with E-state index in [4.69, 9.17) is 4.42 Å². The minimum atomic E-state index is -0.489. The molecule has 1 aromatic carbocycles. The van der Waals surface area contributed by atoms with Gasteiger partial charge in [-0.15, -0.1) is 0 Å². The zero-order valence-corrected chi connectivity index (χ0v) is 11.3. The molecule has 0 atom stereocenters. The van der Waals surface area contributed by atoms with Crippen molar-refractivity contribution >= 4 is 22.7 Å². The van der Waals surface area contributed by atoms with Crippen LogP contribution in [0.4, 0.5) is 5.82 Å². The molecule has 3 aromatic rings. The van der Waals surface area contributed by atoms with Crippen LogP contribution in [-0.2, 0) is 6.42 Å². The molecule has 0 saturated heterocycles. The summed E-state index contributed by atoms with van der Waals surface area (Å²) >= 11 is 0. The fourth-order valence-corrected chi connectivity index (χ4v) is 2.08. The van der Waals surface area contributed by atoms with E-state index in [1.807, 2.05) is 6.92 Å². The summed E-state index contributed by atoms with van der Waals surface area (Å²) in [6.45, 7) is 1.96. The van der Waals surface area contributed by atoms with Crippen molar-refractivity contribution in [3.05, 3.63) is 58.1 Å². The van der Waals surface area contributed by atoms with E-state index < -0.39 is 5.91 Å². The van der Waals surface area contributed by atoms with Gasteiger partial charge < -0.3 is 9.73 Å². The standard InChI is InChI=1S/C15H13N3O3/c1-2-9-8-16-18-14(9)17-15(20)13-7-11(19)10-5-3-4-6-12(10)21-13/h3-8H,2H2,1H3,(H2,16,17,18,20). The average Bonchev–Trinajstić information content (AvgIpc) is 2.94. The summed E-state index contributed by atoms with van der Waals surface area (Å²) in [4.78, 5) is 24.2. The van der Waals surface area contributed by atoms with E-state index in [0.717, 1.165) is 12.0 Å². The van der Waals surface area contributed by atoms with Crippen LogP contribution in [0.3, 0.4) is 0 Å². The molecule has 2 N–H and O–H groups in total. The molecule has 0 aliphatic carbocycles. The van der Waals surface area contributed by atoms with Gasteiger partial charge in [0.2, 0.25) is 0 Å². The highest BCUT2D eigenvalue weighted by Crippen LogP contribution is 2.15. The molecule has 3 rings (SSSR count). The number of anilines is 1. The third-order valence-electron chi connectivity index (χ3n) is 3.20. The molecule has 0 radical (unpaired) electrons. The second-order valence-electron chi connectivity index (χ2n) is 4.55. The first-order chi connectivity index (χ1) is 10.2. The Hall–Kier alpha value is -2.89. The molecule has 0 saturated carbocycles. The quantitative estimate of drug-likeness (QED) is 0.772. The molecule has 0 aliphatic heterocycles. The van der Waals surface area contributed by atoms with E-state index in [-0.39, 0.29) is 11.2 Å². The van der Waals surface area contributed by atoms with E-state index in [0.29, 0.717) is 16.8 Å². The lowest BCUT2D eigenvalue weighted by Crippen LogP contribution is -2.16. The van der Waals surface area contributed by atoms with Gasteiger partial charge in [0.15, 0.2) is 11.2 Å². The van der Waals surface area contributed by atoms with Gasteiger partial charge in [0, 0.05) is 11.6 Å². The van der Waals surface area contributed by atoms with Gasteiger partial charge in [-0.3, -0.25) is 14.7 Å². The SMILES string of the molecule is CCc1cn[nH]c1NC(=O)c1cc(=O)c2ccccc2o1. The normalized spacial score (nSPS) is 10.7. The maximum absolute atomic E-state index is 12.2. The van der Waals surface area contributed by atoms with Crippen LogP contribution in [0.1, 0.15) is 23.0 Å². The molecule has 6 nitrogen and oxygen atoms in total. The second-order valence-corrected chi connectivity index (χ2v) is 4.55. The van der Waals surface area contributed by atoms with E-state index in [1.54, 1.807) is 30.5 Å². The predicted molar refractivity (Wildman–Crippen MR) is 78.4 cm³/mol. The third kappa shape index (κ3) is 2.43. The van der Waals surface area contributed by atoms with E-state index in [1.165, 1.54) is 6.07 Å². The first-order valence-electron chi connectivity index (χ1n) is 6.55. The van der Waals surface area contributed by atoms with Gasteiger partial charge in [-0.2, -0.15) is 5.10 Å². The largest absolute Gasteiger partial charge is 0.451 e. The summed E-state index contributed by atoms with van der Waals surface area (Å²) in [7, 11) is 0. The molecule has 0 unspecified atom stereocenters. The monoisotopic (exact) mass is 283 g/mol. The number of carbonyl (C=O) groups excluding carboxylic acids is 1. The lowest BCUT2D eigenvalue weighted by molar-refractivity contribution is 0.0996. The number of benzene rings is 1. The smallest absolute Gasteiger partial charge is 0.292 e. The average molecular weight is 283 g/mol. The molecule has 0 aliphatic rings. The number of nitrogens with one attached hydrogen (secondary N) is 2. The van der Waals surface area contributed by atoms with Gasteiger partial charge in [-0.05, 0) is 18.6 Å². The number of carbonyl (C=O) groups is 1. The molecule has 0 bridgehead atoms. The summed E-state index contributed by atoms with van der Waals surface area (Å²) in [6, 6.07) is 8.00. The predicted octanol–water partition coefficient (Wildman–Crippen LogP) is 2.33. The summed E-state index contributed by atoms with van der Waals surface area (Å²) in [5.41, 5.74) is 1.02. The number of aromatic amines is 1. The fourth-order valence-electron chi connectivity index (χ4n) is 2.08. The van der Waals surface area contributed by atoms with E-state index in [2.05, 4.69) is 15.5 Å². The van der Waals surface area contributed by atoms with Gasteiger partial charge in [0.25, 0.3) is 5.91 Å². The van der Waals surface area contributed by atoms with Crippen LogP contribution < -0.4 is 10.7 Å². The number of H-pyrrole nitrogens is 1. The van der Waals surface area contributed by atoms with Crippen molar-refractivity contribution in [2.75, 3.05) is 5.32 Å². The number of aromatic nitrogens is 2. The number of hydrogen-bond donors (Lipinski definition) is 2. The van der Waals surface area contributed by atoms with Gasteiger partial charge in [0.05, 0.1) is 11.6 Å². The van der Waals surface area contributed by atoms with Gasteiger partial charge >= 0.3 is 0 Å². The molecular formula is C15H13N3O3. The van der Waals surface area contributed by atoms with Crippen molar-refractivity contribution in [2.24, 2.45) is 0 Å². The third-order valence-corrected chi connectivity index (χ3v) is 3.20. The Kier molecular flexibility index (Phi) is 3.27. The van der Waals surface area contributed by atoms with Gasteiger partial charge in [-0.25, -0.2) is 0 Å². The van der Waals surface area contributed by atoms with Crippen molar-refractivity contribution in [1.82, 2.24) is 10.2 Å². The topological polar surface area (TPSA) is 88.0 Å². The molecule has 0 spiro atoms. The number of fused-ring (bicyclic) bond motifs is 1. The van der Waals surface area contributed by atoms with E-state index in [9.17, 15) is 9.59 Å². The number of aryl methyl sites for hydroxylation is 1. The molecular weight excluding hydrogens is 270 g/mol. The van der Waals surface area contributed by atoms with Crippen molar-refractivity contribution in [1.29, 1.82) is 0 Å².